The van der Waals surface area contributed by atoms with Gasteiger partial charge < -0.3 is 0 Å². The molecule has 23 heavy (non-hydrogen) atoms. The number of hydrogen-bond acceptors (Lipinski definition) is 5. The molecule has 2 aromatic rings. The highest BCUT2D eigenvalue weighted by molar-refractivity contribution is 7.86. The van der Waals surface area contributed by atoms with Crippen LogP contribution in [0.4, 0.5) is 0 Å². The minimum absolute atomic E-state index is 0.283. The molecule has 1 atom stereocenters. The van der Waals surface area contributed by atoms with Crippen molar-refractivity contribution in [3.05, 3.63) is 29.8 Å². The summed E-state index contributed by atoms with van der Waals surface area (Å²) in [4.78, 5) is 8.82. The van der Waals surface area contributed by atoms with Crippen molar-refractivity contribution < 1.29 is 8.42 Å². The smallest absolute Gasteiger partial charge is 0.282 e. The van der Waals surface area contributed by atoms with Crippen LogP contribution in [-0.4, -0.2) is 57.8 Å². The maximum atomic E-state index is 12.5. The average Bonchev–Trinajstić information content (AvgIpc) is 3.16. The number of aromatic nitrogens is 4. The van der Waals surface area contributed by atoms with Crippen molar-refractivity contribution in [3.63, 3.8) is 0 Å². The zero-order valence-corrected chi connectivity index (χ0v) is 14.2. The molecule has 0 aromatic carbocycles. The molecule has 124 valence electrons. The van der Waals surface area contributed by atoms with E-state index < -0.39 is 10.2 Å². The highest BCUT2D eigenvalue weighted by Gasteiger charge is 2.37. The first-order valence-corrected chi connectivity index (χ1v) is 8.83. The summed E-state index contributed by atoms with van der Waals surface area (Å²) in [5.41, 5.74) is 2.94. The van der Waals surface area contributed by atoms with Crippen molar-refractivity contribution >= 4 is 10.2 Å². The van der Waals surface area contributed by atoms with Crippen LogP contribution in [0.1, 0.15) is 30.3 Å². The Labute approximate surface area is 135 Å². The Hall–Kier alpha value is -1.84. The van der Waals surface area contributed by atoms with Crippen LogP contribution in [0.5, 0.6) is 0 Å². The molecular formula is C14H20N6O2S. The lowest BCUT2D eigenvalue weighted by molar-refractivity contribution is 0.357. The van der Waals surface area contributed by atoms with E-state index in [4.69, 9.17) is 0 Å². The molecular weight excluding hydrogens is 316 g/mol. The topological polar surface area (TPSA) is 95.1 Å². The zero-order chi connectivity index (χ0) is 16.6. The standard InChI is InChI=1S/C14H20N6O2S/c1-10-7-11(18-17-10)12-8-15-9-13(16-12)14-5-4-6-20(14)23(21,22)19(2)3/h7-9,14H,4-6H2,1-3H3,(H,17,18)/t14-/m1/s1. The van der Waals surface area contributed by atoms with Crippen LogP contribution < -0.4 is 0 Å². The summed E-state index contributed by atoms with van der Waals surface area (Å²) in [6, 6.07) is 1.60. The molecule has 0 unspecified atom stereocenters. The number of aromatic amines is 1. The predicted molar refractivity (Wildman–Crippen MR) is 85.6 cm³/mol. The van der Waals surface area contributed by atoms with Gasteiger partial charge in [0, 0.05) is 26.3 Å². The van der Waals surface area contributed by atoms with Crippen LogP contribution in [0.15, 0.2) is 18.5 Å². The third-order valence-electron chi connectivity index (χ3n) is 3.92. The third-order valence-corrected chi connectivity index (χ3v) is 5.88. The van der Waals surface area contributed by atoms with Gasteiger partial charge >= 0.3 is 0 Å². The van der Waals surface area contributed by atoms with E-state index in [1.54, 1.807) is 26.5 Å². The minimum Gasteiger partial charge on any atom is -0.282 e. The van der Waals surface area contributed by atoms with Gasteiger partial charge in [0.05, 0.1) is 24.1 Å². The Bertz CT molecular complexity index is 801. The van der Waals surface area contributed by atoms with E-state index in [0.717, 1.165) is 18.5 Å². The van der Waals surface area contributed by atoms with E-state index in [-0.39, 0.29) is 6.04 Å². The van der Waals surface area contributed by atoms with E-state index in [2.05, 4.69) is 20.2 Å². The van der Waals surface area contributed by atoms with E-state index in [9.17, 15) is 8.42 Å². The molecule has 0 saturated carbocycles. The van der Waals surface area contributed by atoms with Gasteiger partial charge in [0.25, 0.3) is 10.2 Å². The van der Waals surface area contributed by atoms with Gasteiger partial charge in [0.15, 0.2) is 0 Å². The average molecular weight is 336 g/mol. The van der Waals surface area contributed by atoms with Crippen molar-refractivity contribution in [3.8, 4) is 11.4 Å². The molecule has 1 fully saturated rings. The summed E-state index contributed by atoms with van der Waals surface area (Å²) >= 11 is 0. The highest BCUT2D eigenvalue weighted by atomic mass is 32.2. The van der Waals surface area contributed by atoms with Crippen LogP contribution in [0, 0.1) is 6.92 Å². The molecule has 0 radical (unpaired) electrons. The summed E-state index contributed by atoms with van der Waals surface area (Å²) in [6.07, 6.45) is 4.83. The molecule has 1 N–H and O–H groups in total. The fourth-order valence-corrected chi connectivity index (χ4v) is 4.05. The lowest BCUT2D eigenvalue weighted by atomic mass is 10.1. The fraction of sp³-hybridized carbons (Fsp3) is 0.500. The maximum absolute atomic E-state index is 12.5. The Balaban J connectivity index is 1.95. The highest BCUT2D eigenvalue weighted by Crippen LogP contribution is 2.34. The third kappa shape index (κ3) is 2.99. The van der Waals surface area contributed by atoms with Gasteiger partial charge in [-0.25, -0.2) is 4.98 Å². The largest absolute Gasteiger partial charge is 0.282 e. The normalized spacial score (nSPS) is 19.6. The molecule has 3 rings (SSSR count). The molecule has 2 aromatic heterocycles. The van der Waals surface area contributed by atoms with Gasteiger partial charge in [-0.1, -0.05) is 0 Å². The van der Waals surface area contributed by atoms with E-state index in [1.165, 1.54) is 8.61 Å². The second-order valence-corrected chi connectivity index (χ2v) is 7.92. The summed E-state index contributed by atoms with van der Waals surface area (Å²) in [7, 11) is -0.388. The second-order valence-electron chi connectivity index (χ2n) is 5.82. The van der Waals surface area contributed by atoms with Crippen LogP contribution in [0.2, 0.25) is 0 Å². The van der Waals surface area contributed by atoms with Crippen molar-refractivity contribution in [1.82, 2.24) is 28.8 Å². The Morgan fingerprint density at radius 2 is 2.09 bits per heavy atom. The van der Waals surface area contributed by atoms with Crippen molar-refractivity contribution in [2.75, 3.05) is 20.6 Å². The number of H-pyrrole nitrogens is 1. The molecule has 1 saturated heterocycles. The van der Waals surface area contributed by atoms with E-state index in [0.29, 0.717) is 23.6 Å². The monoisotopic (exact) mass is 336 g/mol. The van der Waals surface area contributed by atoms with Crippen molar-refractivity contribution in [1.29, 1.82) is 0 Å². The number of nitrogens with zero attached hydrogens (tertiary/aromatic N) is 5. The Morgan fingerprint density at radius 1 is 1.30 bits per heavy atom. The van der Waals surface area contributed by atoms with Gasteiger partial charge in [-0.15, -0.1) is 0 Å². The molecule has 3 heterocycles. The number of aryl methyl sites for hydroxylation is 1. The van der Waals surface area contributed by atoms with Crippen LogP contribution in [0.3, 0.4) is 0 Å². The number of rotatable bonds is 4. The molecule has 0 aliphatic carbocycles. The first-order valence-electron chi connectivity index (χ1n) is 7.43. The van der Waals surface area contributed by atoms with E-state index >= 15 is 0 Å². The first-order chi connectivity index (χ1) is 10.9. The lowest BCUT2D eigenvalue weighted by Crippen LogP contribution is -2.39. The van der Waals surface area contributed by atoms with Crippen molar-refractivity contribution in [2.45, 2.75) is 25.8 Å². The fourth-order valence-electron chi connectivity index (χ4n) is 2.74. The van der Waals surface area contributed by atoms with Crippen LogP contribution in [-0.2, 0) is 10.2 Å². The lowest BCUT2D eigenvalue weighted by Gasteiger charge is -2.26. The number of hydrogen-bond donors (Lipinski definition) is 1. The molecule has 8 nitrogen and oxygen atoms in total. The minimum atomic E-state index is -3.47. The summed E-state index contributed by atoms with van der Waals surface area (Å²) in [6.45, 7) is 2.41. The maximum Gasteiger partial charge on any atom is 0.282 e. The molecule has 0 bridgehead atoms. The molecule has 1 aliphatic rings. The summed E-state index contributed by atoms with van der Waals surface area (Å²) in [5.74, 6) is 0. The molecule has 1 aliphatic heterocycles. The van der Waals surface area contributed by atoms with Gasteiger partial charge in [0.1, 0.15) is 11.4 Å². The molecule has 9 heteroatoms. The van der Waals surface area contributed by atoms with Gasteiger partial charge in [-0.2, -0.15) is 22.1 Å². The van der Waals surface area contributed by atoms with Gasteiger partial charge in [0.2, 0.25) is 0 Å². The van der Waals surface area contributed by atoms with Gasteiger partial charge in [-0.3, -0.25) is 10.1 Å². The van der Waals surface area contributed by atoms with Crippen molar-refractivity contribution in [2.24, 2.45) is 0 Å². The molecule has 0 spiro atoms. The van der Waals surface area contributed by atoms with Crippen LogP contribution >= 0.6 is 0 Å². The molecule has 0 amide bonds. The summed E-state index contributed by atoms with van der Waals surface area (Å²) in [5, 5.41) is 7.06. The van der Waals surface area contributed by atoms with Crippen LogP contribution in [0.25, 0.3) is 11.4 Å². The zero-order valence-electron chi connectivity index (χ0n) is 13.4. The second kappa shape index (κ2) is 5.99. The Kier molecular flexibility index (Phi) is 4.17. The quantitative estimate of drug-likeness (QED) is 0.903. The number of nitrogens with one attached hydrogen (secondary N) is 1. The first kappa shape index (κ1) is 16.0. The predicted octanol–water partition coefficient (Wildman–Crippen LogP) is 1.12. The SMILES string of the molecule is Cc1cc(-c2cncc([C@H]3CCCN3S(=O)(=O)N(C)C)n2)n[nH]1. The van der Waals surface area contributed by atoms with E-state index in [1.807, 2.05) is 13.0 Å². The van der Waals surface area contributed by atoms with Gasteiger partial charge in [-0.05, 0) is 25.8 Å². The Morgan fingerprint density at radius 3 is 2.74 bits per heavy atom. The summed E-state index contributed by atoms with van der Waals surface area (Å²) < 4.78 is 27.7.